The number of epoxide rings is 1. The van der Waals surface area contributed by atoms with E-state index in [1.807, 2.05) is 0 Å². The summed E-state index contributed by atoms with van der Waals surface area (Å²) in [5.74, 6) is -9.39. The normalized spacial score (nSPS) is 25.2. The number of nitrogens with zero attached hydrogens (tertiary/aromatic N) is 1. The lowest BCUT2D eigenvalue weighted by Crippen LogP contribution is -2.66. The van der Waals surface area contributed by atoms with E-state index in [2.05, 4.69) is 31.9 Å². The van der Waals surface area contributed by atoms with Crippen LogP contribution < -0.4 is 31.9 Å². The Balaban J connectivity index is 1.27. The van der Waals surface area contributed by atoms with E-state index in [9.17, 15) is 77.2 Å². The van der Waals surface area contributed by atoms with Crippen LogP contribution in [0.25, 0.3) is 0 Å². The SMILES string of the molecule is CC(=O)NC1C(OCCOCCOCCNC(=O)CCC(CCC(=O)NCCOCCOCCOC2OC(COC(C)=O)C(OC(C)=O)C(OC(C)=O)C2NC(C)=O)(CCC2OC2NCCOCCOCCOC2OC(COC(C)=O)C(OC(C)=O)C(OC(C)=O)C2NC(C)=O)[N+](=O)[O-])OC(COC(C)=O)C(OC(C)=O)C1OC(C)=O. The van der Waals surface area contributed by atoms with Crippen LogP contribution in [0.4, 0.5) is 0 Å². The van der Waals surface area contributed by atoms with E-state index in [4.69, 9.17) is 104 Å². The van der Waals surface area contributed by atoms with Crippen molar-refractivity contribution < 1.29 is 176 Å². The van der Waals surface area contributed by atoms with Gasteiger partial charge >= 0.3 is 53.7 Å². The van der Waals surface area contributed by atoms with Crippen molar-refractivity contribution in [2.45, 2.75) is 231 Å². The van der Waals surface area contributed by atoms with Gasteiger partial charge in [0.2, 0.25) is 35.1 Å². The Kier molecular flexibility index (Phi) is 46.2. The second-order valence-corrected chi connectivity index (χ2v) is 26.7. The number of carbonyl (C=O) groups excluding carboxylic acids is 14. The van der Waals surface area contributed by atoms with Crippen LogP contribution in [-0.4, -0.2) is 337 Å². The fourth-order valence-corrected chi connectivity index (χ4v) is 12.2. The molecule has 5 amide bonds. The Hall–Kier alpha value is -8.58. The lowest BCUT2D eigenvalue weighted by Gasteiger charge is -2.44. The first-order valence-corrected chi connectivity index (χ1v) is 37.7. The third kappa shape index (κ3) is 39.1. The average molecular weight is 1670 g/mol. The van der Waals surface area contributed by atoms with Gasteiger partial charge in [0.05, 0.1) is 105 Å². The molecule has 0 spiro atoms. The van der Waals surface area contributed by atoms with Crippen molar-refractivity contribution in [2.75, 3.05) is 139 Å². The first-order valence-electron chi connectivity index (χ1n) is 37.7. The monoisotopic (exact) mass is 1670 g/mol. The average Bonchev–Trinajstić information content (AvgIpc) is 1.42. The summed E-state index contributed by atoms with van der Waals surface area (Å²) in [6.07, 6.45) is -17.3. The molecule has 0 bridgehead atoms. The highest BCUT2D eigenvalue weighted by molar-refractivity contribution is 5.77. The summed E-state index contributed by atoms with van der Waals surface area (Å²) >= 11 is 0. The minimum atomic E-state index is -1.77. The maximum absolute atomic E-state index is 13.3. The third-order valence-electron chi connectivity index (χ3n) is 17.1. The molecule has 17 unspecified atom stereocenters. The zero-order valence-corrected chi connectivity index (χ0v) is 67.4. The lowest BCUT2D eigenvalue weighted by molar-refractivity contribution is -0.574. The molecule has 4 saturated heterocycles. The molecular formula is C71H113N7O38. The molecule has 45 heteroatoms. The van der Waals surface area contributed by atoms with Gasteiger partial charge in [-0.25, -0.2) is 0 Å². The first-order chi connectivity index (χ1) is 55.1. The minimum Gasteiger partial charge on any atom is -0.463 e. The molecular weight excluding hydrogens is 1560 g/mol. The number of rotatable bonds is 56. The van der Waals surface area contributed by atoms with Crippen LogP contribution in [0.15, 0.2) is 0 Å². The predicted octanol–water partition coefficient (Wildman–Crippen LogP) is -2.99. The molecule has 17 atom stereocenters. The quantitative estimate of drug-likeness (QED) is 0.00883. The van der Waals surface area contributed by atoms with E-state index in [1.165, 1.54) is 20.8 Å². The van der Waals surface area contributed by atoms with Crippen molar-refractivity contribution in [3.05, 3.63) is 10.1 Å². The number of amides is 5. The number of nitrogens with one attached hydrogen (secondary N) is 6. The van der Waals surface area contributed by atoms with Crippen LogP contribution in [0.5, 0.6) is 0 Å². The molecule has 4 rings (SSSR count). The number of hydrogen-bond acceptors (Lipinski definition) is 39. The van der Waals surface area contributed by atoms with Crippen molar-refractivity contribution in [3.8, 4) is 0 Å². The molecule has 4 heterocycles. The fourth-order valence-electron chi connectivity index (χ4n) is 12.2. The van der Waals surface area contributed by atoms with Gasteiger partial charge in [-0.3, -0.25) is 82.6 Å². The van der Waals surface area contributed by atoms with Crippen LogP contribution in [0, 0.1) is 10.1 Å². The van der Waals surface area contributed by atoms with E-state index in [-0.39, 0.29) is 151 Å². The topological polar surface area (TPSA) is 561 Å². The summed E-state index contributed by atoms with van der Waals surface area (Å²) < 4.78 is 123. The Bertz CT molecular complexity index is 3040. The van der Waals surface area contributed by atoms with E-state index < -0.39 is 218 Å². The zero-order valence-electron chi connectivity index (χ0n) is 67.4. The van der Waals surface area contributed by atoms with Gasteiger partial charge in [-0.2, -0.15) is 0 Å². The van der Waals surface area contributed by atoms with Crippen LogP contribution in [0.2, 0.25) is 0 Å². The minimum absolute atomic E-state index is 0.00104. The van der Waals surface area contributed by atoms with Gasteiger partial charge in [-0.1, -0.05) is 0 Å². The van der Waals surface area contributed by atoms with Gasteiger partial charge in [0, 0.05) is 140 Å². The molecule has 0 aliphatic carbocycles. The van der Waals surface area contributed by atoms with Gasteiger partial charge in [0.1, 0.15) is 62.5 Å². The van der Waals surface area contributed by atoms with Crippen LogP contribution in [0.1, 0.15) is 122 Å². The maximum atomic E-state index is 13.3. The fraction of sp³-hybridized carbons (Fsp3) is 0.803. The first kappa shape index (κ1) is 99.8. The van der Waals surface area contributed by atoms with Gasteiger partial charge in [-0.05, 0) is 6.42 Å². The summed E-state index contributed by atoms with van der Waals surface area (Å²) in [6.45, 7) is 13.0. The van der Waals surface area contributed by atoms with Gasteiger partial charge < -0.3 is 131 Å². The van der Waals surface area contributed by atoms with Crippen molar-refractivity contribution in [3.63, 3.8) is 0 Å². The molecule has 0 aromatic rings. The highest BCUT2D eigenvalue weighted by atomic mass is 16.7. The van der Waals surface area contributed by atoms with Crippen LogP contribution in [0.3, 0.4) is 0 Å². The number of esters is 9. The molecule has 0 saturated carbocycles. The highest BCUT2D eigenvalue weighted by Crippen LogP contribution is 2.36. The molecule has 6 N–H and O–H groups in total. The number of hydrogen-bond donors (Lipinski definition) is 6. The Morgan fingerprint density at radius 1 is 0.336 bits per heavy atom. The van der Waals surface area contributed by atoms with Crippen molar-refractivity contribution in [1.29, 1.82) is 0 Å². The standard InChI is InChI=1S/C71H113N7O38/c1-40(79)75-58-64(110-49(10)88)61(107-46(7)85)53(37-104-43(4)82)114-68(58)101-34-31-98-28-25-95-22-19-72-56(91)14-17-71(78(93)94,18-15-57(92)73-20-23-96-26-29-99-32-35-102-69-59(76-41(2)80)65(111-50(11)89)62(108-47(8)86)54(115-69)38-105-44(5)83)16-13-52-67(113-52)74-21-24-97-27-30-100-33-36-103-70-60(77-42(3)81)66(112-51(12)90)63(109-48(9)87)55(116-70)39-106-45(6)84/h52-55,58-70,74H,13-39H2,1-12H3,(H,72,91)(H,73,92)(H,75,79)(H,76,80)(H,77,81). The molecule has 0 aromatic carbocycles. The molecule has 4 aliphatic heterocycles. The number of carbonyl (C=O) groups is 14. The summed E-state index contributed by atoms with van der Waals surface area (Å²) in [7, 11) is 0. The second kappa shape index (κ2) is 53.7. The van der Waals surface area contributed by atoms with E-state index in [1.54, 1.807) is 0 Å². The molecule has 4 fully saturated rings. The van der Waals surface area contributed by atoms with Gasteiger partial charge in [0.15, 0.2) is 55.5 Å². The summed E-state index contributed by atoms with van der Waals surface area (Å²) in [5.41, 5.74) is -1.77. The van der Waals surface area contributed by atoms with Crippen molar-refractivity contribution in [1.82, 2.24) is 31.9 Å². The van der Waals surface area contributed by atoms with Crippen molar-refractivity contribution >= 4 is 83.3 Å². The Morgan fingerprint density at radius 3 is 0.888 bits per heavy atom. The van der Waals surface area contributed by atoms with Gasteiger partial charge in [-0.15, -0.1) is 0 Å². The summed E-state index contributed by atoms with van der Waals surface area (Å²) in [5, 5.41) is 29.5. The Labute approximate surface area is 669 Å². The second-order valence-electron chi connectivity index (χ2n) is 26.7. The van der Waals surface area contributed by atoms with E-state index in [0.29, 0.717) is 6.54 Å². The third-order valence-corrected chi connectivity index (χ3v) is 17.1. The molecule has 660 valence electrons. The Morgan fingerprint density at radius 2 is 0.612 bits per heavy atom. The lowest BCUT2D eigenvalue weighted by atomic mass is 9.83. The highest BCUT2D eigenvalue weighted by Gasteiger charge is 2.55. The summed E-state index contributed by atoms with van der Waals surface area (Å²) in [6, 6.07) is -3.54. The maximum Gasteiger partial charge on any atom is 0.303 e. The zero-order chi connectivity index (χ0) is 85.9. The van der Waals surface area contributed by atoms with Crippen LogP contribution in [-0.2, 0) is 171 Å². The molecule has 0 aromatic heterocycles. The van der Waals surface area contributed by atoms with Gasteiger partial charge in [0.25, 0.3) is 0 Å². The largest absolute Gasteiger partial charge is 0.463 e. The molecule has 116 heavy (non-hydrogen) atoms. The van der Waals surface area contributed by atoms with Crippen LogP contribution >= 0.6 is 0 Å². The number of ether oxygens (including phenoxy) is 22. The van der Waals surface area contributed by atoms with E-state index >= 15 is 0 Å². The smallest absolute Gasteiger partial charge is 0.303 e. The predicted molar refractivity (Wildman–Crippen MR) is 385 cm³/mol. The number of nitro groups is 1. The summed E-state index contributed by atoms with van der Waals surface area (Å²) in [4.78, 5) is 184. The molecule has 45 nitrogen and oxygen atoms in total. The molecule has 0 radical (unpaired) electrons. The van der Waals surface area contributed by atoms with Crippen molar-refractivity contribution in [2.24, 2.45) is 0 Å². The van der Waals surface area contributed by atoms with E-state index in [0.717, 1.165) is 62.3 Å². The molecule has 4 aliphatic rings.